The van der Waals surface area contributed by atoms with Crippen molar-refractivity contribution in [2.75, 3.05) is 52.4 Å². The van der Waals surface area contributed by atoms with E-state index >= 15 is 0 Å². The lowest BCUT2D eigenvalue weighted by Gasteiger charge is -2.36. The number of esters is 1. The lowest BCUT2D eigenvalue weighted by Crippen LogP contribution is -3.00. The molecule has 0 bridgehead atoms. The number of ether oxygens (including phenoxy) is 1. The normalized spacial score (nSPS) is 15.5. The molecule has 2 rings (SSSR count). The Bertz CT molecular complexity index is 885. The van der Waals surface area contributed by atoms with E-state index < -0.39 is 11.6 Å². The number of hydrogen-bond donors (Lipinski definition) is 1. The second-order valence-corrected chi connectivity index (χ2v) is 9.50. The van der Waals surface area contributed by atoms with Gasteiger partial charge in [-0.1, -0.05) is 75.3 Å². The van der Waals surface area contributed by atoms with Crippen molar-refractivity contribution in [3.63, 3.8) is 0 Å². The van der Waals surface area contributed by atoms with Crippen LogP contribution in [0.3, 0.4) is 0 Å². The first-order valence-electron chi connectivity index (χ1n) is 13.4. The molecule has 1 aliphatic carbocycles. The minimum atomic E-state index is -1.61. The van der Waals surface area contributed by atoms with Crippen LogP contribution in [-0.4, -0.2) is 72.9 Å². The summed E-state index contributed by atoms with van der Waals surface area (Å²) in [4.78, 5) is 15.5. The Morgan fingerprint density at radius 3 is 2.11 bits per heavy atom. The SMILES string of the molecule is CCN(CC)CC#CC[N+](CC)(CC)CC#CCOC(=O)C(O)(c1ccccc1)C1CCCCC1.[Cl-]. The van der Waals surface area contributed by atoms with Crippen molar-refractivity contribution in [1.29, 1.82) is 0 Å². The minimum Gasteiger partial charge on any atom is -1.00 e. The molecule has 6 heteroatoms. The number of carbonyl (C=O) groups excluding carboxylic acids is 1. The summed E-state index contributed by atoms with van der Waals surface area (Å²) in [5.74, 6) is 12.2. The van der Waals surface area contributed by atoms with Crippen molar-refractivity contribution in [3.05, 3.63) is 35.9 Å². The van der Waals surface area contributed by atoms with E-state index in [1.807, 2.05) is 30.3 Å². The topological polar surface area (TPSA) is 49.8 Å². The van der Waals surface area contributed by atoms with E-state index in [0.29, 0.717) is 12.1 Å². The van der Waals surface area contributed by atoms with Gasteiger partial charge in [-0.05, 0) is 57.2 Å². The molecule has 1 N–H and O–H groups in total. The molecule has 1 aliphatic rings. The van der Waals surface area contributed by atoms with Gasteiger partial charge in [0.1, 0.15) is 13.1 Å². The number of carbonyl (C=O) groups is 1. The van der Waals surface area contributed by atoms with Gasteiger partial charge in [-0.25, -0.2) is 4.79 Å². The molecule has 0 aromatic heterocycles. The van der Waals surface area contributed by atoms with Gasteiger partial charge in [0.2, 0.25) is 0 Å². The average molecular weight is 517 g/mol. The molecule has 0 aliphatic heterocycles. The van der Waals surface area contributed by atoms with E-state index in [0.717, 1.165) is 75.9 Å². The predicted molar refractivity (Wildman–Crippen MR) is 142 cm³/mol. The Morgan fingerprint density at radius 1 is 0.972 bits per heavy atom. The minimum absolute atomic E-state index is 0. The average Bonchev–Trinajstić information content (AvgIpc) is 2.92. The Morgan fingerprint density at radius 2 is 1.56 bits per heavy atom. The smallest absolute Gasteiger partial charge is 0.344 e. The molecule has 0 heterocycles. The Hall–Kier alpha value is -2.02. The second kappa shape index (κ2) is 16.7. The summed E-state index contributed by atoms with van der Waals surface area (Å²) in [5.41, 5.74) is -1.00. The maximum atomic E-state index is 13.1. The van der Waals surface area contributed by atoms with Crippen LogP contribution in [0.2, 0.25) is 0 Å². The number of nitrogens with zero attached hydrogens (tertiary/aromatic N) is 2. The van der Waals surface area contributed by atoms with Crippen molar-refractivity contribution in [2.45, 2.75) is 65.4 Å². The summed E-state index contributed by atoms with van der Waals surface area (Å²) in [5, 5.41) is 11.6. The summed E-state index contributed by atoms with van der Waals surface area (Å²) >= 11 is 0. The maximum Gasteiger partial charge on any atom is 0.344 e. The van der Waals surface area contributed by atoms with Crippen molar-refractivity contribution in [2.24, 2.45) is 5.92 Å². The number of quaternary nitrogens is 1. The van der Waals surface area contributed by atoms with E-state index in [-0.39, 0.29) is 24.9 Å². The number of halogens is 1. The molecule has 0 saturated heterocycles. The third-order valence-electron chi connectivity index (χ3n) is 7.61. The third kappa shape index (κ3) is 8.82. The quantitative estimate of drug-likeness (QED) is 0.273. The molecule has 5 nitrogen and oxygen atoms in total. The molecule has 200 valence electrons. The van der Waals surface area contributed by atoms with Crippen LogP contribution in [0, 0.1) is 29.6 Å². The molecule has 36 heavy (non-hydrogen) atoms. The van der Waals surface area contributed by atoms with Crippen LogP contribution in [0.4, 0.5) is 0 Å². The zero-order chi connectivity index (χ0) is 25.6. The molecule has 0 spiro atoms. The summed E-state index contributed by atoms with van der Waals surface area (Å²) in [6.45, 7) is 14.8. The molecule has 0 amide bonds. The first kappa shape index (κ1) is 32.0. The highest BCUT2D eigenvalue weighted by molar-refractivity contribution is 5.81. The van der Waals surface area contributed by atoms with Crippen LogP contribution in [0.5, 0.6) is 0 Å². The first-order valence-corrected chi connectivity index (χ1v) is 13.4. The van der Waals surface area contributed by atoms with Gasteiger partial charge >= 0.3 is 5.97 Å². The van der Waals surface area contributed by atoms with Gasteiger partial charge in [-0.3, -0.25) is 4.90 Å². The van der Waals surface area contributed by atoms with E-state index in [9.17, 15) is 9.90 Å². The highest BCUT2D eigenvalue weighted by Gasteiger charge is 2.47. The van der Waals surface area contributed by atoms with E-state index in [1.165, 1.54) is 0 Å². The van der Waals surface area contributed by atoms with Gasteiger partial charge in [0.25, 0.3) is 0 Å². The maximum absolute atomic E-state index is 13.1. The van der Waals surface area contributed by atoms with E-state index in [2.05, 4.69) is 56.3 Å². The van der Waals surface area contributed by atoms with Gasteiger partial charge in [0.05, 0.1) is 19.6 Å². The van der Waals surface area contributed by atoms with Gasteiger partial charge in [0, 0.05) is 5.92 Å². The van der Waals surface area contributed by atoms with Crippen LogP contribution in [0.25, 0.3) is 0 Å². The largest absolute Gasteiger partial charge is 1.00 e. The number of rotatable bonds is 11. The molecular weight excluding hydrogens is 472 g/mol. The lowest BCUT2D eigenvalue weighted by molar-refractivity contribution is -0.911. The van der Waals surface area contributed by atoms with Crippen LogP contribution >= 0.6 is 0 Å². The highest BCUT2D eigenvalue weighted by Crippen LogP contribution is 2.40. The van der Waals surface area contributed by atoms with Gasteiger partial charge < -0.3 is 26.7 Å². The Balaban J connectivity index is 0.00000648. The molecule has 1 aromatic carbocycles. The van der Waals surface area contributed by atoms with Crippen LogP contribution in [0.1, 0.15) is 65.4 Å². The Kier molecular flexibility index (Phi) is 14.8. The summed E-state index contributed by atoms with van der Waals surface area (Å²) in [7, 11) is 0. The monoisotopic (exact) mass is 516 g/mol. The number of aliphatic hydroxyl groups is 1. The second-order valence-electron chi connectivity index (χ2n) is 9.50. The molecule has 0 radical (unpaired) electrons. The lowest BCUT2D eigenvalue weighted by atomic mass is 9.73. The van der Waals surface area contributed by atoms with Crippen molar-refractivity contribution < 1.29 is 31.5 Å². The fourth-order valence-electron chi connectivity index (χ4n) is 4.78. The Labute approximate surface area is 225 Å². The first-order chi connectivity index (χ1) is 17.0. The predicted octanol–water partition coefficient (Wildman–Crippen LogP) is 1.21. The van der Waals surface area contributed by atoms with Crippen molar-refractivity contribution in [1.82, 2.24) is 4.90 Å². The molecular formula is C30H45ClN2O3. The van der Waals surface area contributed by atoms with Gasteiger partial charge in [0.15, 0.2) is 12.2 Å². The van der Waals surface area contributed by atoms with Crippen LogP contribution in [-0.2, 0) is 15.1 Å². The van der Waals surface area contributed by atoms with Gasteiger partial charge in [-0.15, -0.1) is 0 Å². The zero-order valence-electron chi connectivity index (χ0n) is 22.7. The molecule has 1 fully saturated rings. The number of benzene rings is 1. The molecule has 1 aromatic rings. The highest BCUT2D eigenvalue weighted by atomic mass is 35.5. The van der Waals surface area contributed by atoms with E-state index in [1.54, 1.807) is 0 Å². The standard InChI is InChI=1S/C30H45N2O3.ClH/c1-5-31(6-2)23-15-16-24-32(7-3,8-4)25-17-18-26-35-29(33)30(34,27-19-11-9-12-20-27)28-21-13-10-14-22-28;/h9,11-12,19-20,28,34H,5-8,10,13-14,21-26H2,1-4H3;1H/q+1;/p-1. The third-order valence-corrected chi connectivity index (χ3v) is 7.61. The number of hydrogen-bond acceptors (Lipinski definition) is 4. The zero-order valence-corrected chi connectivity index (χ0v) is 23.4. The van der Waals surface area contributed by atoms with Gasteiger partial charge in [-0.2, -0.15) is 0 Å². The summed E-state index contributed by atoms with van der Waals surface area (Å²) in [6.07, 6.45) is 4.86. The van der Waals surface area contributed by atoms with Crippen LogP contribution in [0.15, 0.2) is 30.3 Å². The van der Waals surface area contributed by atoms with Crippen molar-refractivity contribution in [3.8, 4) is 23.7 Å². The van der Waals surface area contributed by atoms with E-state index in [4.69, 9.17) is 4.74 Å². The van der Waals surface area contributed by atoms with Crippen molar-refractivity contribution >= 4 is 5.97 Å². The molecule has 1 atom stereocenters. The van der Waals surface area contributed by atoms with Crippen LogP contribution < -0.4 is 12.4 Å². The fourth-order valence-corrected chi connectivity index (χ4v) is 4.78. The molecule has 1 unspecified atom stereocenters. The summed E-state index contributed by atoms with van der Waals surface area (Å²) < 4.78 is 6.34. The molecule has 1 saturated carbocycles. The fraction of sp³-hybridized carbons (Fsp3) is 0.633. The summed E-state index contributed by atoms with van der Waals surface area (Å²) in [6, 6.07) is 9.23.